The Bertz CT molecular complexity index is 860. The van der Waals surface area contributed by atoms with Gasteiger partial charge in [0.25, 0.3) is 0 Å². The van der Waals surface area contributed by atoms with E-state index in [9.17, 15) is 14.9 Å². The predicted molar refractivity (Wildman–Crippen MR) is 109 cm³/mol. The van der Waals surface area contributed by atoms with Gasteiger partial charge in [-0.25, -0.2) is 9.59 Å². The van der Waals surface area contributed by atoms with Crippen molar-refractivity contribution in [1.82, 2.24) is 0 Å². The molecule has 0 unspecified atom stereocenters. The first-order valence-corrected chi connectivity index (χ1v) is 9.97. The van der Waals surface area contributed by atoms with Gasteiger partial charge < -0.3 is 14.4 Å². The molecule has 0 saturated heterocycles. The molecule has 0 aliphatic carbocycles. The number of carbonyl (C=O) groups is 2. The van der Waals surface area contributed by atoms with Crippen molar-refractivity contribution in [3.8, 4) is 6.07 Å². The minimum absolute atomic E-state index is 0.0344. The molecule has 1 aromatic carbocycles. The maximum absolute atomic E-state index is 12.2. The summed E-state index contributed by atoms with van der Waals surface area (Å²) >= 11 is 7.40. The van der Waals surface area contributed by atoms with E-state index >= 15 is 0 Å². The van der Waals surface area contributed by atoms with Crippen LogP contribution in [-0.4, -0.2) is 31.7 Å². The second-order valence-corrected chi connectivity index (χ2v) is 7.47. The second-order valence-electron chi connectivity index (χ2n) is 6.00. The van der Waals surface area contributed by atoms with Crippen LogP contribution in [0.3, 0.4) is 0 Å². The highest BCUT2D eigenvalue weighted by Crippen LogP contribution is 2.48. The Labute approximate surface area is 173 Å². The number of hydrogen-bond acceptors (Lipinski definition) is 7. The largest absolute Gasteiger partial charge is 0.462 e. The van der Waals surface area contributed by atoms with Crippen molar-refractivity contribution in [3.05, 3.63) is 46.0 Å². The van der Waals surface area contributed by atoms with Crippen LogP contribution in [0.5, 0.6) is 0 Å². The Balaban J connectivity index is 2.17. The van der Waals surface area contributed by atoms with Crippen LogP contribution in [0.1, 0.15) is 26.7 Å². The van der Waals surface area contributed by atoms with Gasteiger partial charge in [-0.15, -0.1) is 0 Å². The van der Waals surface area contributed by atoms with E-state index in [1.807, 2.05) is 17.0 Å². The van der Waals surface area contributed by atoms with E-state index in [0.717, 1.165) is 10.6 Å². The molecule has 2 rings (SSSR count). The zero-order valence-corrected chi connectivity index (χ0v) is 17.4. The van der Waals surface area contributed by atoms with Crippen molar-refractivity contribution in [2.45, 2.75) is 31.6 Å². The van der Waals surface area contributed by atoms with Crippen LogP contribution in [0.2, 0.25) is 5.02 Å². The lowest BCUT2D eigenvalue weighted by Crippen LogP contribution is -2.23. The van der Waals surface area contributed by atoms with Crippen molar-refractivity contribution < 1.29 is 19.1 Å². The zero-order valence-electron chi connectivity index (χ0n) is 15.8. The second kappa shape index (κ2) is 10.2. The maximum atomic E-state index is 12.2. The lowest BCUT2D eigenvalue weighted by Gasteiger charge is -2.21. The average molecular weight is 421 g/mol. The first-order valence-electron chi connectivity index (χ1n) is 8.78. The molecule has 6 nitrogen and oxygen atoms in total. The maximum Gasteiger partial charge on any atom is 0.351 e. The number of benzene rings is 1. The van der Waals surface area contributed by atoms with Gasteiger partial charge >= 0.3 is 11.9 Å². The fraction of sp³-hybridized carbons (Fsp3) is 0.350. The predicted octanol–water partition coefficient (Wildman–Crippen LogP) is 4.45. The summed E-state index contributed by atoms with van der Waals surface area (Å²) in [6.45, 7) is 7.85. The van der Waals surface area contributed by atoms with Crippen molar-refractivity contribution in [1.29, 1.82) is 5.26 Å². The van der Waals surface area contributed by atoms with Crippen LogP contribution >= 0.6 is 23.4 Å². The molecule has 1 aliphatic rings. The summed E-state index contributed by atoms with van der Waals surface area (Å²) in [5.41, 5.74) is 1.20. The minimum atomic E-state index is -0.646. The number of nitriles is 1. The van der Waals surface area contributed by atoms with Crippen LogP contribution in [-0.2, 0) is 19.1 Å². The standard InChI is InChI=1S/C20H21ClN2O4S/c1-4-26-20(25)15(12-22)18-23(9-5-6-10-27-19(24)13(2)3)16-8-7-14(21)11-17(16)28-18/h7-8,11H,2,4-6,9-10H2,1,3H3. The molecule has 8 heteroatoms. The number of carbonyl (C=O) groups excluding carboxylic acids is 2. The first-order chi connectivity index (χ1) is 13.4. The molecule has 0 aromatic heterocycles. The molecule has 0 amide bonds. The number of fused-ring (bicyclic) bond motifs is 1. The number of nitrogens with zero attached hydrogens (tertiary/aromatic N) is 2. The lowest BCUT2D eigenvalue weighted by molar-refractivity contribution is -0.139. The van der Waals surface area contributed by atoms with Crippen molar-refractivity contribution in [3.63, 3.8) is 0 Å². The van der Waals surface area contributed by atoms with Crippen LogP contribution in [0, 0.1) is 11.3 Å². The zero-order chi connectivity index (χ0) is 20.7. The van der Waals surface area contributed by atoms with Crippen LogP contribution in [0.4, 0.5) is 5.69 Å². The number of esters is 2. The van der Waals surface area contributed by atoms with Crippen LogP contribution in [0.25, 0.3) is 0 Å². The monoisotopic (exact) mass is 420 g/mol. The van der Waals surface area contributed by atoms with Gasteiger partial charge in [0.15, 0.2) is 5.57 Å². The minimum Gasteiger partial charge on any atom is -0.462 e. The van der Waals surface area contributed by atoms with Gasteiger partial charge in [-0.05, 0) is 44.9 Å². The van der Waals surface area contributed by atoms with E-state index < -0.39 is 11.9 Å². The molecule has 1 heterocycles. The summed E-state index contributed by atoms with van der Waals surface area (Å²) < 4.78 is 10.1. The number of thioether (sulfide) groups is 1. The molecule has 1 aliphatic heterocycles. The molecule has 0 bridgehead atoms. The Morgan fingerprint density at radius 3 is 2.68 bits per heavy atom. The molecule has 0 atom stereocenters. The normalized spacial score (nSPS) is 14.1. The highest BCUT2D eigenvalue weighted by Gasteiger charge is 2.31. The van der Waals surface area contributed by atoms with Gasteiger partial charge in [0.2, 0.25) is 0 Å². The third-order valence-corrected chi connectivity index (χ3v) is 5.23. The van der Waals surface area contributed by atoms with Gasteiger partial charge in [0.1, 0.15) is 11.1 Å². The quantitative estimate of drug-likeness (QED) is 0.266. The Morgan fingerprint density at radius 2 is 2.04 bits per heavy atom. The van der Waals surface area contributed by atoms with Gasteiger partial charge in [-0.2, -0.15) is 5.26 Å². The summed E-state index contributed by atoms with van der Waals surface area (Å²) in [5.74, 6) is -1.06. The Hall–Kier alpha value is -2.43. The highest BCUT2D eigenvalue weighted by molar-refractivity contribution is 8.03. The first kappa shape index (κ1) is 21.9. The smallest absolute Gasteiger partial charge is 0.351 e. The van der Waals surface area contributed by atoms with Gasteiger partial charge in [-0.1, -0.05) is 29.9 Å². The summed E-state index contributed by atoms with van der Waals surface area (Å²) in [6, 6.07) is 7.40. The molecule has 1 aromatic rings. The SMILES string of the molecule is C=C(C)C(=O)OCCCCN1C(=C(C#N)C(=O)OCC)Sc2cc(Cl)ccc21. The van der Waals surface area contributed by atoms with E-state index in [1.54, 1.807) is 26.0 Å². The molecule has 0 fully saturated rings. The number of rotatable bonds is 8. The lowest BCUT2D eigenvalue weighted by atomic mass is 10.2. The fourth-order valence-corrected chi connectivity index (χ4v) is 3.96. The van der Waals surface area contributed by atoms with Gasteiger partial charge in [-0.3, -0.25) is 0 Å². The van der Waals surface area contributed by atoms with Crippen LogP contribution in [0.15, 0.2) is 45.8 Å². The fourth-order valence-electron chi connectivity index (χ4n) is 2.51. The summed E-state index contributed by atoms with van der Waals surface area (Å²) in [4.78, 5) is 26.4. The molecular weight excluding hydrogens is 400 g/mol. The molecule has 0 radical (unpaired) electrons. The van der Waals surface area contributed by atoms with Gasteiger partial charge in [0, 0.05) is 22.0 Å². The number of ether oxygens (including phenoxy) is 2. The van der Waals surface area contributed by atoms with E-state index in [1.165, 1.54) is 11.8 Å². The topological polar surface area (TPSA) is 79.6 Å². The third-order valence-electron chi connectivity index (χ3n) is 3.83. The Morgan fingerprint density at radius 1 is 1.29 bits per heavy atom. The highest BCUT2D eigenvalue weighted by atomic mass is 35.5. The van der Waals surface area contributed by atoms with Crippen molar-refractivity contribution in [2.75, 3.05) is 24.7 Å². The summed E-state index contributed by atoms with van der Waals surface area (Å²) in [7, 11) is 0. The summed E-state index contributed by atoms with van der Waals surface area (Å²) in [6.07, 6.45) is 1.33. The van der Waals surface area contributed by atoms with E-state index in [-0.39, 0.29) is 18.8 Å². The molecular formula is C20H21ClN2O4S. The van der Waals surface area contributed by atoms with Crippen molar-refractivity contribution >= 4 is 41.0 Å². The van der Waals surface area contributed by atoms with Crippen LogP contribution < -0.4 is 4.90 Å². The number of halogens is 1. The van der Waals surface area contributed by atoms with Crippen molar-refractivity contribution in [2.24, 2.45) is 0 Å². The van der Waals surface area contributed by atoms with E-state index in [4.69, 9.17) is 21.1 Å². The van der Waals surface area contributed by atoms with Gasteiger partial charge in [0.05, 0.1) is 18.9 Å². The molecule has 0 N–H and O–H groups in total. The van der Waals surface area contributed by atoms with E-state index in [0.29, 0.717) is 35.0 Å². The van der Waals surface area contributed by atoms with E-state index in [2.05, 4.69) is 6.58 Å². The molecule has 0 spiro atoms. The summed E-state index contributed by atoms with van der Waals surface area (Å²) in [5, 5.41) is 10.6. The Kier molecular flexibility index (Phi) is 7.97. The molecule has 0 saturated carbocycles. The number of anilines is 1. The molecule has 148 valence electrons. The third kappa shape index (κ3) is 5.31. The number of unbranched alkanes of at least 4 members (excludes halogenated alkanes) is 1. The molecule has 28 heavy (non-hydrogen) atoms. The average Bonchev–Trinajstić information content (AvgIpc) is 2.99. The number of hydrogen-bond donors (Lipinski definition) is 0.